The third kappa shape index (κ3) is 2.62. The second kappa shape index (κ2) is 5.68. The van der Waals surface area contributed by atoms with Crippen LogP contribution in [0.5, 0.6) is 5.88 Å². The van der Waals surface area contributed by atoms with E-state index in [4.69, 9.17) is 4.74 Å². The minimum atomic E-state index is -0.633. The zero-order valence-corrected chi connectivity index (χ0v) is 12.6. The Morgan fingerprint density at radius 1 is 1.45 bits per heavy atom. The van der Waals surface area contributed by atoms with Crippen LogP contribution in [0.15, 0.2) is 22.4 Å². The normalized spacial score (nSPS) is 10.9. The molecule has 0 atom stereocenters. The summed E-state index contributed by atoms with van der Waals surface area (Å²) in [6.07, 6.45) is 1.04. The molecular formula is C13H12FN5O2S. The van der Waals surface area contributed by atoms with E-state index in [0.29, 0.717) is 16.0 Å². The number of aromatic nitrogens is 4. The summed E-state index contributed by atoms with van der Waals surface area (Å²) in [5.41, 5.74) is 0.468. The second-order valence-electron chi connectivity index (χ2n) is 4.53. The van der Waals surface area contributed by atoms with Gasteiger partial charge in [0.1, 0.15) is 10.5 Å². The number of hydrogen-bond acceptors (Lipinski definition) is 7. The van der Waals surface area contributed by atoms with Crippen LogP contribution in [-0.2, 0) is 6.54 Å². The van der Waals surface area contributed by atoms with Crippen LogP contribution in [0.4, 0.5) is 10.3 Å². The number of H-pyrrole nitrogens is 1. The molecule has 0 aliphatic carbocycles. The molecule has 0 amide bonds. The largest absolute Gasteiger partial charge is 0.479 e. The molecule has 22 heavy (non-hydrogen) atoms. The van der Waals surface area contributed by atoms with E-state index in [1.807, 2.05) is 5.38 Å². The maximum absolute atomic E-state index is 13.3. The van der Waals surface area contributed by atoms with Crippen molar-refractivity contribution in [1.82, 2.24) is 19.9 Å². The van der Waals surface area contributed by atoms with Gasteiger partial charge in [-0.3, -0.25) is 4.79 Å². The van der Waals surface area contributed by atoms with E-state index in [1.54, 1.807) is 18.0 Å². The van der Waals surface area contributed by atoms with Gasteiger partial charge in [-0.15, -0.1) is 11.3 Å². The van der Waals surface area contributed by atoms with Gasteiger partial charge >= 0.3 is 0 Å². The summed E-state index contributed by atoms with van der Waals surface area (Å²) in [6.45, 7) is 0.274. The van der Waals surface area contributed by atoms with E-state index in [2.05, 4.69) is 19.9 Å². The van der Waals surface area contributed by atoms with Crippen LogP contribution in [0.1, 0.15) is 5.82 Å². The smallest absolute Gasteiger partial charge is 0.268 e. The van der Waals surface area contributed by atoms with Crippen LogP contribution in [0.3, 0.4) is 0 Å². The molecule has 114 valence electrons. The molecule has 3 heterocycles. The maximum atomic E-state index is 13.3. The number of ether oxygens (including phenoxy) is 1. The van der Waals surface area contributed by atoms with Crippen LogP contribution in [0.25, 0.3) is 10.2 Å². The highest BCUT2D eigenvalue weighted by Gasteiger charge is 2.13. The predicted octanol–water partition coefficient (Wildman–Crippen LogP) is 1.56. The SMILES string of the molecule is COc1nc(N(C)Cc2nc3ccsc3c(=O)[nH]2)ncc1F. The second-order valence-corrected chi connectivity index (χ2v) is 5.45. The lowest BCUT2D eigenvalue weighted by Gasteiger charge is -2.16. The van der Waals surface area contributed by atoms with E-state index < -0.39 is 5.82 Å². The van der Waals surface area contributed by atoms with E-state index in [1.165, 1.54) is 18.4 Å². The Kier molecular flexibility index (Phi) is 3.72. The van der Waals surface area contributed by atoms with Crippen molar-refractivity contribution in [1.29, 1.82) is 0 Å². The number of thiophene rings is 1. The fourth-order valence-corrected chi connectivity index (χ4v) is 2.69. The Balaban J connectivity index is 1.89. The van der Waals surface area contributed by atoms with Crippen molar-refractivity contribution < 1.29 is 9.13 Å². The fraction of sp³-hybridized carbons (Fsp3) is 0.231. The minimum Gasteiger partial charge on any atom is -0.479 e. The molecule has 0 saturated carbocycles. The Hall–Kier alpha value is -2.55. The molecule has 0 aliphatic heterocycles. The van der Waals surface area contributed by atoms with Gasteiger partial charge in [0.2, 0.25) is 11.8 Å². The molecule has 0 fully saturated rings. The van der Waals surface area contributed by atoms with Gasteiger partial charge in [-0.2, -0.15) is 9.37 Å². The number of nitrogens with zero attached hydrogens (tertiary/aromatic N) is 4. The zero-order valence-electron chi connectivity index (χ0n) is 11.8. The molecule has 0 spiro atoms. The summed E-state index contributed by atoms with van der Waals surface area (Å²) < 4.78 is 18.7. The highest BCUT2D eigenvalue weighted by atomic mass is 32.1. The molecule has 0 bridgehead atoms. The maximum Gasteiger partial charge on any atom is 0.268 e. The highest BCUT2D eigenvalue weighted by Crippen LogP contribution is 2.17. The Morgan fingerprint density at radius 2 is 2.27 bits per heavy atom. The number of methoxy groups -OCH3 is 1. The van der Waals surface area contributed by atoms with Gasteiger partial charge in [0, 0.05) is 7.05 Å². The molecule has 1 N–H and O–H groups in total. The van der Waals surface area contributed by atoms with Crippen molar-refractivity contribution in [2.45, 2.75) is 6.54 Å². The zero-order chi connectivity index (χ0) is 15.7. The Morgan fingerprint density at radius 3 is 3.05 bits per heavy atom. The first-order chi connectivity index (χ1) is 10.6. The van der Waals surface area contributed by atoms with E-state index >= 15 is 0 Å². The van der Waals surface area contributed by atoms with Gasteiger partial charge in [0.05, 0.1) is 25.4 Å². The first kappa shape index (κ1) is 14.4. The topological polar surface area (TPSA) is 84.0 Å². The molecule has 0 saturated heterocycles. The standard InChI is InChI=1S/C13H12FN5O2S/c1-19(13-15-5-7(14)12(18-13)21-2)6-9-16-8-3-4-22-10(8)11(20)17-9/h3-5H,6H2,1-2H3,(H,16,17,20). The van der Waals surface area contributed by atoms with E-state index in [-0.39, 0.29) is 23.9 Å². The lowest BCUT2D eigenvalue weighted by Crippen LogP contribution is -2.23. The van der Waals surface area contributed by atoms with Crippen molar-refractivity contribution in [3.63, 3.8) is 0 Å². The molecular weight excluding hydrogens is 309 g/mol. The van der Waals surface area contributed by atoms with E-state index in [9.17, 15) is 9.18 Å². The van der Waals surface area contributed by atoms with Crippen molar-refractivity contribution >= 4 is 27.5 Å². The number of rotatable bonds is 4. The summed E-state index contributed by atoms with van der Waals surface area (Å²) >= 11 is 1.34. The molecule has 3 rings (SSSR count). The first-order valence-electron chi connectivity index (χ1n) is 6.32. The molecule has 7 nitrogen and oxygen atoms in total. The summed E-state index contributed by atoms with van der Waals surface area (Å²) in [4.78, 5) is 28.5. The minimum absolute atomic E-state index is 0.133. The summed E-state index contributed by atoms with van der Waals surface area (Å²) in [5, 5.41) is 1.81. The highest BCUT2D eigenvalue weighted by molar-refractivity contribution is 7.17. The molecule has 9 heteroatoms. The Bertz CT molecular complexity index is 878. The van der Waals surface area contributed by atoms with Crippen LogP contribution in [0, 0.1) is 5.82 Å². The Labute approximate surface area is 128 Å². The molecule has 0 aliphatic rings. The van der Waals surface area contributed by atoms with Gasteiger partial charge < -0.3 is 14.6 Å². The van der Waals surface area contributed by atoms with E-state index in [0.717, 1.165) is 6.20 Å². The number of hydrogen-bond donors (Lipinski definition) is 1. The van der Waals surface area contributed by atoms with Gasteiger partial charge in [-0.25, -0.2) is 9.97 Å². The number of nitrogens with one attached hydrogen (secondary N) is 1. The number of fused-ring (bicyclic) bond motifs is 1. The molecule has 3 aromatic rings. The van der Waals surface area contributed by atoms with Crippen LogP contribution in [0.2, 0.25) is 0 Å². The quantitative estimate of drug-likeness (QED) is 0.785. The molecule has 0 aromatic carbocycles. The van der Waals surface area contributed by atoms with Gasteiger partial charge in [-0.05, 0) is 11.4 Å². The van der Waals surface area contributed by atoms with Crippen molar-refractivity contribution in [2.24, 2.45) is 0 Å². The van der Waals surface area contributed by atoms with Crippen molar-refractivity contribution in [3.8, 4) is 5.88 Å². The summed E-state index contributed by atoms with van der Waals surface area (Å²) in [6, 6.07) is 1.79. The third-order valence-corrected chi connectivity index (χ3v) is 3.89. The number of anilines is 1. The van der Waals surface area contributed by atoms with Crippen LogP contribution >= 0.6 is 11.3 Å². The van der Waals surface area contributed by atoms with Gasteiger partial charge in [0.25, 0.3) is 11.4 Å². The molecule has 3 aromatic heterocycles. The number of halogens is 1. The van der Waals surface area contributed by atoms with Crippen LogP contribution < -0.4 is 15.2 Å². The lowest BCUT2D eigenvalue weighted by atomic mass is 10.4. The first-order valence-corrected chi connectivity index (χ1v) is 7.20. The van der Waals surface area contributed by atoms with Crippen molar-refractivity contribution in [3.05, 3.63) is 39.6 Å². The van der Waals surface area contributed by atoms with Gasteiger partial charge in [-0.1, -0.05) is 0 Å². The fourth-order valence-electron chi connectivity index (χ4n) is 1.96. The van der Waals surface area contributed by atoms with Crippen LogP contribution in [-0.4, -0.2) is 34.1 Å². The third-order valence-electron chi connectivity index (χ3n) is 2.98. The predicted molar refractivity (Wildman–Crippen MR) is 80.9 cm³/mol. The monoisotopic (exact) mass is 321 g/mol. The average Bonchev–Trinajstić information content (AvgIpc) is 2.96. The van der Waals surface area contributed by atoms with Crippen molar-refractivity contribution in [2.75, 3.05) is 19.1 Å². The summed E-state index contributed by atoms with van der Waals surface area (Å²) in [5.74, 6) is -0.0194. The van der Waals surface area contributed by atoms with Gasteiger partial charge in [0.15, 0.2) is 0 Å². The number of aromatic amines is 1. The average molecular weight is 321 g/mol. The molecule has 0 radical (unpaired) electrons. The molecule has 0 unspecified atom stereocenters. The lowest BCUT2D eigenvalue weighted by molar-refractivity contribution is 0.367. The summed E-state index contributed by atoms with van der Waals surface area (Å²) in [7, 11) is 3.04.